The van der Waals surface area contributed by atoms with Gasteiger partial charge in [0.2, 0.25) is 10.0 Å². The Balaban J connectivity index is 2.15. The number of sulfonamides is 1. The van der Waals surface area contributed by atoms with E-state index < -0.39 is 10.0 Å². The van der Waals surface area contributed by atoms with Crippen LogP contribution in [0.5, 0.6) is 0 Å². The monoisotopic (exact) mass is 269 g/mol. The summed E-state index contributed by atoms with van der Waals surface area (Å²) in [5, 5.41) is 0. The molecule has 0 amide bonds. The molecule has 1 heterocycles. The molecule has 100 valence electrons. The van der Waals surface area contributed by atoms with Crippen LogP contribution >= 0.6 is 0 Å². The second-order valence-electron chi connectivity index (χ2n) is 4.65. The van der Waals surface area contributed by atoms with Crippen LogP contribution in [-0.2, 0) is 14.8 Å². The van der Waals surface area contributed by atoms with Crippen molar-refractivity contribution in [2.45, 2.75) is 30.8 Å². The van der Waals surface area contributed by atoms with E-state index in [0.29, 0.717) is 18.0 Å². The molecule has 0 aliphatic carbocycles. The Bertz CT molecular complexity index is 487. The molecule has 2 rings (SSSR count). The first-order chi connectivity index (χ1) is 8.54. The van der Waals surface area contributed by atoms with Crippen molar-refractivity contribution in [1.29, 1.82) is 0 Å². The zero-order valence-electron chi connectivity index (χ0n) is 10.8. The average molecular weight is 269 g/mol. The van der Waals surface area contributed by atoms with Crippen LogP contribution in [0.3, 0.4) is 0 Å². The third-order valence-corrected chi connectivity index (χ3v) is 5.31. The Morgan fingerprint density at radius 1 is 1.17 bits per heavy atom. The molecular weight excluding hydrogens is 250 g/mol. The minimum absolute atomic E-state index is 0.189. The molecule has 4 nitrogen and oxygen atoms in total. The Kier molecular flexibility index (Phi) is 4.04. The minimum Gasteiger partial charge on any atom is -0.381 e. The van der Waals surface area contributed by atoms with Crippen LogP contribution in [0.1, 0.15) is 18.4 Å². The van der Waals surface area contributed by atoms with Gasteiger partial charge in [-0.2, -0.15) is 4.31 Å². The maximum atomic E-state index is 12.4. The second kappa shape index (κ2) is 5.38. The Hall–Kier alpha value is -0.910. The topological polar surface area (TPSA) is 46.6 Å². The molecule has 0 atom stereocenters. The number of hydrogen-bond acceptors (Lipinski definition) is 3. The van der Waals surface area contributed by atoms with E-state index in [-0.39, 0.29) is 6.10 Å². The van der Waals surface area contributed by atoms with Gasteiger partial charge < -0.3 is 4.74 Å². The largest absolute Gasteiger partial charge is 0.381 e. The van der Waals surface area contributed by atoms with Crippen LogP contribution in [0, 0.1) is 6.92 Å². The van der Waals surface area contributed by atoms with E-state index in [0.717, 1.165) is 18.4 Å². The first-order valence-electron chi connectivity index (χ1n) is 6.13. The van der Waals surface area contributed by atoms with E-state index in [1.807, 2.05) is 19.1 Å². The number of methoxy groups -OCH3 is 1. The fourth-order valence-electron chi connectivity index (χ4n) is 2.17. The number of nitrogens with zero attached hydrogens (tertiary/aromatic N) is 1. The Morgan fingerprint density at radius 3 is 2.22 bits per heavy atom. The van der Waals surface area contributed by atoms with Crippen molar-refractivity contribution < 1.29 is 13.2 Å². The SMILES string of the molecule is COC1CCN(S(=O)(=O)c2ccc(C)cc2)CC1. The van der Waals surface area contributed by atoms with Crippen molar-refractivity contribution in [3.8, 4) is 0 Å². The zero-order valence-corrected chi connectivity index (χ0v) is 11.6. The summed E-state index contributed by atoms with van der Waals surface area (Å²) < 4.78 is 31.6. The lowest BCUT2D eigenvalue weighted by atomic mass is 10.1. The fraction of sp³-hybridized carbons (Fsp3) is 0.538. The molecule has 1 saturated heterocycles. The van der Waals surface area contributed by atoms with Crippen LogP contribution < -0.4 is 0 Å². The molecule has 0 spiro atoms. The molecule has 0 saturated carbocycles. The molecule has 0 N–H and O–H groups in total. The van der Waals surface area contributed by atoms with E-state index in [1.165, 1.54) is 0 Å². The van der Waals surface area contributed by atoms with Gasteiger partial charge in [-0.15, -0.1) is 0 Å². The number of benzene rings is 1. The smallest absolute Gasteiger partial charge is 0.243 e. The van der Waals surface area contributed by atoms with Crippen LogP contribution in [-0.4, -0.2) is 39.0 Å². The van der Waals surface area contributed by atoms with Gasteiger partial charge >= 0.3 is 0 Å². The Morgan fingerprint density at radius 2 is 1.72 bits per heavy atom. The zero-order chi connectivity index (χ0) is 13.2. The maximum Gasteiger partial charge on any atom is 0.243 e. The van der Waals surface area contributed by atoms with Gasteiger partial charge in [-0.1, -0.05) is 17.7 Å². The summed E-state index contributed by atoms with van der Waals surface area (Å²) >= 11 is 0. The van der Waals surface area contributed by atoms with Gasteiger partial charge in [0, 0.05) is 20.2 Å². The number of rotatable bonds is 3. The number of ether oxygens (including phenoxy) is 1. The van der Waals surface area contributed by atoms with E-state index in [1.54, 1.807) is 23.5 Å². The highest BCUT2D eigenvalue weighted by molar-refractivity contribution is 7.89. The van der Waals surface area contributed by atoms with Crippen molar-refractivity contribution in [1.82, 2.24) is 4.31 Å². The number of piperidine rings is 1. The molecule has 1 aromatic rings. The van der Waals surface area contributed by atoms with Crippen LogP contribution in [0.25, 0.3) is 0 Å². The molecule has 1 aliphatic rings. The highest BCUT2D eigenvalue weighted by atomic mass is 32.2. The first kappa shape index (κ1) is 13.5. The van der Waals surface area contributed by atoms with Gasteiger partial charge in [-0.3, -0.25) is 0 Å². The molecule has 0 bridgehead atoms. The molecule has 0 radical (unpaired) electrons. The van der Waals surface area contributed by atoms with Gasteiger partial charge in [0.1, 0.15) is 0 Å². The first-order valence-corrected chi connectivity index (χ1v) is 7.57. The van der Waals surface area contributed by atoms with Gasteiger partial charge in [0.25, 0.3) is 0 Å². The predicted octanol–water partition coefficient (Wildman–Crippen LogP) is 1.79. The number of hydrogen-bond donors (Lipinski definition) is 0. The highest BCUT2D eigenvalue weighted by Gasteiger charge is 2.29. The van der Waals surface area contributed by atoms with Gasteiger partial charge in [-0.05, 0) is 31.9 Å². The minimum atomic E-state index is -3.33. The standard InChI is InChI=1S/C13H19NO3S/c1-11-3-5-13(6-4-11)18(15,16)14-9-7-12(17-2)8-10-14/h3-6,12H,7-10H2,1-2H3. The fourth-order valence-corrected chi connectivity index (χ4v) is 3.64. The van der Waals surface area contributed by atoms with Gasteiger partial charge in [0.05, 0.1) is 11.0 Å². The normalized spacial score (nSPS) is 19.0. The van der Waals surface area contributed by atoms with E-state index >= 15 is 0 Å². The molecule has 0 aromatic heterocycles. The van der Waals surface area contributed by atoms with Crippen molar-refractivity contribution in [3.63, 3.8) is 0 Å². The lowest BCUT2D eigenvalue weighted by molar-refractivity contribution is 0.0604. The predicted molar refractivity (Wildman–Crippen MR) is 70.0 cm³/mol. The van der Waals surface area contributed by atoms with Crippen LogP contribution in [0.15, 0.2) is 29.2 Å². The summed E-state index contributed by atoms with van der Waals surface area (Å²) in [6.45, 7) is 3.02. The second-order valence-corrected chi connectivity index (χ2v) is 6.59. The summed E-state index contributed by atoms with van der Waals surface area (Å²) in [5.41, 5.74) is 1.06. The summed E-state index contributed by atoms with van der Waals surface area (Å²) in [4.78, 5) is 0.379. The summed E-state index contributed by atoms with van der Waals surface area (Å²) in [5.74, 6) is 0. The molecule has 5 heteroatoms. The van der Waals surface area contributed by atoms with E-state index in [2.05, 4.69) is 0 Å². The van der Waals surface area contributed by atoms with Crippen molar-refractivity contribution in [2.75, 3.05) is 20.2 Å². The molecular formula is C13H19NO3S. The van der Waals surface area contributed by atoms with Crippen molar-refractivity contribution in [2.24, 2.45) is 0 Å². The lowest BCUT2D eigenvalue weighted by Gasteiger charge is -2.30. The van der Waals surface area contributed by atoms with E-state index in [9.17, 15) is 8.42 Å². The van der Waals surface area contributed by atoms with Crippen molar-refractivity contribution in [3.05, 3.63) is 29.8 Å². The molecule has 0 unspecified atom stereocenters. The van der Waals surface area contributed by atoms with E-state index in [4.69, 9.17) is 4.74 Å². The molecule has 1 aliphatic heterocycles. The average Bonchev–Trinajstić information content (AvgIpc) is 2.39. The molecule has 18 heavy (non-hydrogen) atoms. The third-order valence-electron chi connectivity index (χ3n) is 3.39. The van der Waals surface area contributed by atoms with Gasteiger partial charge in [-0.25, -0.2) is 8.42 Å². The summed E-state index contributed by atoms with van der Waals surface area (Å²) in [6.07, 6.45) is 1.72. The summed E-state index contributed by atoms with van der Waals surface area (Å²) in [7, 11) is -1.66. The maximum absolute atomic E-state index is 12.4. The quantitative estimate of drug-likeness (QED) is 0.840. The third kappa shape index (κ3) is 2.74. The Labute approximate surface area is 109 Å². The molecule has 1 aromatic carbocycles. The number of aryl methyl sites for hydroxylation is 1. The van der Waals surface area contributed by atoms with Gasteiger partial charge in [0.15, 0.2) is 0 Å². The highest BCUT2D eigenvalue weighted by Crippen LogP contribution is 2.21. The summed E-state index contributed by atoms with van der Waals surface area (Å²) in [6, 6.07) is 7.00. The lowest BCUT2D eigenvalue weighted by Crippen LogP contribution is -2.40. The van der Waals surface area contributed by atoms with Crippen LogP contribution in [0.4, 0.5) is 0 Å². The van der Waals surface area contributed by atoms with Crippen LogP contribution in [0.2, 0.25) is 0 Å². The van der Waals surface area contributed by atoms with Crippen molar-refractivity contribution >= 4 is 10.0 Å². The molecule has 1 fully saturated rings.